The van der Waals surface area contributed by atoms with Crippen molar-refractivity contribution in [3.63, 3.8) is 0 Å². The Kier molecular flexibility index (Phi) is 4.39. The molecule has 132 valence electrons. The number of pyridine rings is 1. The smallest absolute Gasteiger partial charge is 0.254 e. The molecule has 6 nitrogen and oxygen atoms in total. The van der Waals surface area contributed by atoms with Gasteiger partial charge in [-0.3, -0.25) is 9.78 Å². The number of imidazole rings is 1. The number of anilines is 1. The number of nitrogens with zero attached hydrogens (tertiary/aromatic N) is 5. The Hall–Kier alpha value is -3.15. The van der Waals surface area contributed by atoms with Gasteiger partial charge in [-0.25, -0.2) is 4.98 Å². The molecule has 0 spiro atoms. The topological polar surface area (TPSA) is 54.3 Å². The van der Waals surface area contributed by atoms with Crippen LogP contribution in [0.15, 0.2) is 61.3 Å². The van der Waals surface area contributed by atoms with E-state index in [9.17, 15) is 4.79 Å². The molecule has 1 aromatic carbocycles. The van der Waals surface area contributed by atoms with Gasteiger partial charge in [0.15, 0.2) is 0 Å². The number of hydrogen-bond donors (Lipinski definition) is 0. The standard InChI is InChI=1S/C20H21N5O/c1-16-14-25(15-22-16)19-4-2-18(3-5-19)23-10-12-24(13-11-23)20(26)17-6-8-21-9-7-17/h2-9,14-15H,10-13H2,1H3. The molecular weight excluding hydrogens is 326 g/mol. The van der Waals surface area contributed by atoms with Gasteiger partial charge in [-0.2, -0.15) is 0 Å². The molecule has 0 bridgehead atoms. The Labute approximate surface area is 152 Å². The van der Waals surface area contributed by atoms with Crippen molar-refractivity contribution >= 4 is 11.6 Å². The van der Waals surface area contributed by atoms with Crippen molar-refractivity contribution in [2.45, 2.75) is 6.92 Å². The Morgan fingerprint density at radius 2 is 1.58 bits per heavy atom. The predicted octanol–water partition coefficient (Wildman–Crippen LogP) is 2.54. The Balaban J connectivity index is 1.39. The molecule has 1 aliphatic heterocycles. The number of benzene rings is 1. The second-order valence-corrected chi connectivity index (χ2v) is 6.45. The Bertz CT molecular complexity index is 880. The molecule has 4 rings (SSSR count). The van der Waals surface area contributed by atoms with Crippen LogP contribution < -0.4 is 4.90 Å². The van der Waals surface area contributed by atoms with Crippen molar-refractivity contribution < 1.29 is 4.79 Å². The van der Waals surface area contributed by atoms with Gasteiger partial charge in [-0.15, -0.1) is 0 Å². The van der Waals surface area contributed by atoms with Crippen LogP contribution in [0.1, 0.15) is 16.1 Å². The maximum Gasteiger partial charge on any atom is 0.254 e. The van der Waals surface area contributed by atoms with Gasteiger partial charge in [0.2, 0.25) is 0 Å². The predicted molar refractivity (Wildman–Crippen MR) is 101 cm³/mol. The van der Waals surface area contributed by atoms with Gasteiger partial charge < -0.3 is 14.4 Å². The van der Waals surface area contributed by atoms with Crippen molar-refractivity contribution in [1.29, 1.82) is 0 Å². The summed E-state index contributed by atoms with van der Waals surface area (Å²) in [4.78, 5) is 25.0. The van der Waals surface area contributed by atoms with Crippen molar-refractivity contribution in [2.24, 2.45) is 0 Å². The maximum atomic E-state index is 12.5. The number of amides is 1. The summed E-state index contributed by atoms with van der Waals surface area (Å²) >= 11 is 0. The van der Waals surface area contributed by atoms with Crippen molar-refractivity contribution in [1.82, 2.24) is 19.4 Å². The average Bonchev–Trinajstić information content (AvgIpc) is 3.15. The highest BCUT2D eigenvalue weighted by Gasteiger charge is 2.22. The van der Waals surface area contributed by atoms with E-state index in [1.54, 1.807) is 24.5 Å². The molecule has 1 fully saturated rings. The van der Waals surface area contributed by atoms with Crippen LogP contribution in [0.25, 0.3) is 5.69 Å². The zero-order chi connectivity index (χ0) is 17.9. The summed E-state index contributed by atoms with van der Waals surface area (Å²) in [5, 5.41) is 0. The van der Waals surface area contributed by atoms with Crippen LogP contribution in [0.3, 0.4) is 0 Å². The second kappa shape index (κ2) is 7.00. The zero-order valence-electron chi connectivity index (χ0n) is 14.7. The van der Waals surface area contributed by atoms with Crippen molar-refractivity contribution in [3.05, 3.63) is 72.6 Å². The third-order valence-corrected chi connectivity index (χ3v) is 4.72. The van der Waals surface area contributed by atoms with Gasteiger partial charge in [0.25, 0.3) is 5.91 Å². The minimum atomic E-state index is 0.0814. The molecule has 1 aliphatic rings. The Morgan fingerprint density at radius 3 is 2.19 bits per heavy atom. The number of aromatic nitrogens is 3. The molecule has 3 heterocycles. The highest BCUT2D eigenvalue weighted by atomic mass is 16.2. The van der Waals surface area contributed by atoms with Gasteiger partial charge >= 0.3 is 0 Å². The number of carbonyl (C=O) groups excluding carboxylic acids is 1. The van der Waals surface area contributed by atoms with E-state index in [-0.39, 0.29) is 5.91 Å². The lowest BCUT2D eigenvalue weighted by molar-refractivity contribution is 0.0746. The van der Waals surface area contributed by atoms with Crippen LogP contribution in [-0.4, -0.2) is 51.5 Å². The van der Waals surface area contributed by atoms with Crippen molar-refractivity contribution in [2.75, 3.05) is 31.1 Å². The summed E-state index contributed by atoms with van der Waals surface area (Å²) in [6.45, 7) is 5.10. The normalized spacial score (nSPS) is 14.5. The first-order valence-electron chi connectivity index (χ1n) is 8.76. The van der Waals surface area contributed by atoms with Crippen LogP contribution >= 0.6 is 0 Å². The third kappa shape index (κ3) is 3.31. The highest BCUT2D eigenvalue weighted by molar-refractivity contribution is 5.94. The molecule has 6 heteroatoms. The largest absolute Gasteiger partial charge is 0.368 e. The van der Waals surface area contributed by atoms with Crippen LogP contribution in [0, 0.1) is 6.92 Å². The summed E-state index contributed by atoms with van der Waals surface area (Å²) in [7, 11) is 0. The van der Waals surface area contributed by atoms with E-state index in [0.29, 0.717) is 5.56 Å². The molecule has 0 atom stereocenters. The number of carbonyl (C=O) groups is 1. The summed E-state index contributed by atoms with van der Waals surface area (Å²) in [5.74, 6) is 0.0814. The SMILES string of the molecule is Cc1cn(-c2ccc(N3CCN(C(=O)c4ccncc4)CC3)cc2)cn1. The number of piperazine rings is 1. The molecule has 0 aliphatic carbocycles. The molecule has 0 saturated carbocycles. The average molecular weight is 347 g/mol. The molecule has 2 aromatic heterocycles. The summed E-state index contributed by atoms with van der Waals surface area (Å²) in [5.41, 5.74) is 3.99. The van der Waals surface area contributed by atoms with Crippen molar-refractivity contribution in [3.8, 4) is 5.69 Å². The highest BCUT2D eigenvalue weighted by Crippen LogP contribution is 2.20. The van der Waals surface area contributed by atoms with E-state index in [4.69, 9.17) is 0 Å². The van der Waals surface area contributed by atoms with E-state index in [1.807, 2.05) is 28.9 Å². The van der Waals surface area contributed by atoms with Gasteiger partial charge in [-0.05, 0) is 43.3 Å². The van der Waals surface area contributed by atoms with Gasteiger partial charge in [-0.1, -0.05) is 0 Å². The molecule has 1 saturated heterocycles. The summed E-state index contributed by atoms with van der Waals surface area (Å²) in [6.07, 6.45) is 7.16. The maximum absolute atomic E-state index is 12.5. The molecule has 3 aromatic rings. The lowest BCUT2D eigenvalue weighted by Crippen LogP contribution is -2.48. The minimum Gasteiger partial charge on any atom is -0.368 e. The molecule has 0 N–H and O–H groups in total. The molecule has 0 unspecified atom stereocenters. The fraction of sp³-hybridized carbons (Fsp3) is 0.250. The lowest BCUT2D eigenvalue weighted by Gasteiger charge is -2.36. The fourth-order valence-electron chi connectivity index (χ4n) is 3.24. The van der Waals surface area contributed by atoms with E-state index in [0.717, 1.165) is 37.6 Å². The van der Waals surface area contributed by atoms with Crippen LogP contribution in [0.4, 0.5) is 5.69 Å². The monoisotopic (exact) mass is 347 g/mol. The van der Waals surface area contributed by atoms with Gasteiger partial charge in [0.1, 0.15) is 0 Å². The third-order valence-electron chi connectivity index (χ3n) is 4.72. The molecule has 26 heavy (non-hydrogen) atoms. The minimum absolute atomic E-state index is 0.0814. The first-order chi connectivity index (χ1) is 12.7. The summed E-state index contributed by atoms with van der Waals surface area (Å²) < 4.78 is 2.02. The quantitative estimate of drug-likeness (QED) is 0.731. The van der Waals surface area contributed by atoms with Gasteiger partial charge in [0.05, 0.1) is 12.0 Å². The molecule has 0 radical (unpaired) electrons. The first-order valence-corrected chi connectivity index (χ1v) is 8.76. The molecular formula is C20H21N5O. The van der Waals surface area contributed by atoms with Crippen LogP contribution in [0.2, 0.25) is 0 Å². The first kappa shape index (κ1) is 16.3. The van der Waals surface area contributed by atoms with E-state index in [2.05, 4.69) is 39.1 Å². The van der Waals surface area contributed by atoms with E-state index >= 15 is 0 Å². The van der Waals surface area contributed by atoms with E-state index < -0.39 is 0 Å². The molecule has 1 amide bonds. The Morgan fingerprint density at radius 1 is 0.923 bits per heavy atom. The number of hydrogen-bond acceptors (Lipinski definition) is 4. The summed E-state index contributed by atoms with van der Waals surface area (Å²) in [6, 6.07) is 12.0. The van der Waals surface area contributed by atoms with Gasteiger partial charge in [0, 0.05) is 61.7 Å². The number of aryl methyl sites for hydroxylation is 1. The number of rotatable bonds is 3. The zero-order valence-corrected chi connectivity index (χ0v) is 14.7. The van der Waals surface area contributed by atoms with Crippen LogP contribution in [-0.2, 0) is 0 Å². The van der Waals surface area contributed by atoms with E-state index in [1.165, 1.54) is 5.69 Å². The second-order valence-electron chi connectivity index (χ2n) is 6.45. The van der Waals surface area contributed by atoms with Crippen LogP contribution in [0.5, 0.6) is 0 Å². The fourth-order valence-corrected chi connectivity index (χ4v) is 3.24. The lowest BCUT2D eigenvalue weighted by atomic mass is 10.2.